The van der Waals surface area contributed by atoms with E-state index >= 15 is 0 Å². The molecule has 0 saturated heterocycles. The second-order valence-corrected chi connectivity index (χ2v) is 7.41. The molecule has 3 rings (SSSR count). The van der Waals surface area contributed by atoms with Gasteiger partial charge in [-0.05, 0) is 60.5 Å². The van der Waals surface area contributed by atoms with Crippen molar-refractivity contribution in [2.45, 2.75) is 44.6 Å². The Kier molecular flexibility index (Phi) is 6.22. The van der Waals surface area contributed by atoms with Gasteiger partial charge >= 0.3 is 0 Å². The number of halogens is 2. The number of hydrogen-bond acceptors (Lipinski definition) is 2. The maximum absolute atomic E-state index is 13.2. The smallest absolute Gasteiger partial charge is 0.248 e. The summed E-state index contributed by atoms with van der Waals surface area (Å²) in [6.45, 7) is 1.60. The standard InChI is InChI=1S/C22H26F2N2O/c23-22(24)11-8-16(9-12-22)10-13-26-15-17-4-6-18(7-5-17)19-2-1-3-20(14-19)21(25)27/h1-7,14,16,26H,8-13,15H2,(H2,25,27). The van der Waals surface area contributed by atoms with Crippen LogP contribution in [0.5, 0.6) is 0 Å². The van der Waals surface area contributed by atoms with Crippen molar-refractivity contribution in [1.29, 1.82) is 0 Å². The minimum absolute atomic E-state index is 0.0378. The van der Waals surface area contributed by atoms with Gasteiger partial charge in [0.05, 0.1) is 0 Å². The highest BCUT2D eigenvalue weighted by atomic mass is 19.3. The lowest BCUT2D eigenvalue weighted by Crippen LogP contribution is -2.26. The molecule has 2 aromatic carbocycles. The van der Waals surface area contributed by atoms with E-state index < -0.39 is 11.8 Å². The molecule has 0 aliphatic heterocycles. The van der Waals surface area contributed by atoms with Crippen LogP contribution in [0, 0.1) is 5.92 Å². The van der Waals surface area contributed by atoms with Gasteiger partial charge in [-0.1, -0.05) is 36.4 Å². The van der Waals surface area contributed by atoms with E-state index in [0.29, 0.717) is 24.3 Å². The SMILES string of the molecule is NC(=O)c1cccc(-c2ccc(CNCCC3CCC(F)(F)CC3)cc2)c1. The van der Waals surface area contributed by atoms with E-state index in [1.807, 2.05) is 24.3 Å². The topological polar surface area (TPSA) is 55.1 Å². The molecule has 3 nitrogen and oxygen atoms in total. The predicted molar refractivity (Wildman–Crippen MR) is 104 cm³/mol. The molecular formula is C22H26F2N2O. The number of benzene rings is 2. The molecule has 144 valence electrons. The van der Waals surface area contributed by atoms with Crippen LogP contribution in [0.2, 0.25) is 0 Å². The molecule has 0 unspecified atom stereocenters. The number of rotatable bonds is 7. The highest BCUT2D eigenvalue weighted by Crippen LogP contribution is 2.37. The molecule has 0 radical (unpaired) electrons. The lowest BCUT2D eigenvalue weighted by atomic mass is 9.85. The monoisotopic (exact) mass is 372 g/mol. The molecule has 0 heterocycles. The third-order valence-electron chi connectivity index (χ3n) is 5.33. The van der Waals surface area contributed by atoms with Gasteiger partial charge in [-0.25, -0.2) is 8.78 Å². The van der Waals surface area contributed by atoms with E-state index in [1.54, 1.807) is 12.1 Å². The van der Waals surface area contributed by atoms with Crippen LogP contribution in [0.15, 0.2) is 48.5 Å². The molecule has 1 fully saturated rings. The van der Waals surface area contributed by atoms with E-state index in [0.717, 1.165) is 30.6 Å². The van der Waals surface area contributed by atoms with E-state index in [2.05, 4.69) is 17.4 Å². The van der Waals surface area contributed by atoms with E-state index in [4.69, 9.17) is 5.73 Å². The van der Waals surface area contributed by atoms with Crippen molar-refractivity contribution in [3.8, 4) is 11.1 Å². The molecular weight excluding hydrogens is 346 g/mol. The van der Waals surface area contributed by atoms with Crippen LogP contribution in [0.1, 0.15) is 48.0 Å². The van der Waals surface area contributed by atoms with E-state index in [1.165, 1.54) is 5.56 Å². The van der Waals surface area contributed by atoms with Crippen molar-refractivity contribution in [2.75, 3.05) is 6.54 Å². The fourth-order valence-corrected chi connectivity index (χ4v) is 3.59. The quantitative estimate of drug-likeness (QED) is 0.689. The Morgan fingerprint density at radius 2 is 1.78 bits per heavy atom. The Morgan fingerprint density at radius 3 is 2.44 bits per heavy atom. The fraction of sp³-hybridized carbons (Fsp3) is 0.409. The summed E-state index contributed by atoms with van der Waals surface area (Å²) in [4.78, 5) is 11.3. The van der Waals surface area contributed by atoms with Crippen LogP contribution >= 0.6 is 0 Å². The second kappa shape index (κ2) is 8.61. The predicted octanol–water partition coefficient (Wildman–Crippen LogP) is 4.76. The Labute approximate surface area is 159 Å². The molecule has 0 bridgehead atoms. The number of carbonyl (C=O) groups is 1. The maximum atomic E-state index is 13.2. The van der Waals surface area contributed by atoms with Crippen molar-refractivity contribution < 1.29 is 13.6 Å². The summed E-state index contributed by atoms with van der Waals surface area (Å²) in [5, 5.41) is 3.40. The van der Waals surface area contributed by atoms with Crippen LogP contribution in [-0.4, -0.2) is 18.4 Å². The molecule has 27 heavy (non-hydrogen) atoms. The largest absolute Gasteiger partial charge is 0.366 e. The zero-order valence-corrected chi connectivity index (χ0v) is 15.4. The third kappa shape index (κ3) is 5.60. The normalized spacial score (nSPS) is 17.0. The van der Waals surface area contributed by atoms with Crippen molar-refractivity contribution >= 4 is 5.91 Å². The maximum Gasteiger partial charge on any atom is 0.248 e. The summed E-state index contributed by atoms with van der Waals surface area (Å²) in [6.07, 6.45) is 2.29. The molecule has 0 aromatic heterocycles. The average Bonchev–Trinajstić information content (AvgIpc) is 2.67. The lowest BCUT2D eigenvalue weighted by molar-refractivity contribution is -0.0464. The Balaban J connectivity index is 1.46. The first-order valence-electron chi connectivity index (χ1n) is 9.51. The highest BCUT2D eigenvalue weighted by molar-refractivity contribution is 5.94. The van der Waals surface area contributed by atoms with Crippen molar-refractivity contribution in [2.24, 2.45) is 11.7 Å². The number of amides is 1. The zero-order valence-electron chi connectivity index (χ0n) is 15.4. The molecule has 1 saturated carbocycles. The van der Waals surface area contributed by atoms with Gasteiger partial charge in [0.25, 0.3) is 0 Å². The minimum Gasteiger partial charge on any atom is -0.366 e. The van der Waals surface area contributed by atoms with E-state index in [9.17, 15) is 13.6 Å². The van der Waals surface area contributed by atoms with E-state index in [-0.39, 0.29) is 12.8 Å². The number of nitrogens with two attached hydrogens (primary N) is 1. The third-order valence-corrected chi connectivity index (χ3v) is 5.33. The van der Waals surface area contributed by atoms with Gasteiger partial charge in [-0.3, -0.25) is 4.79 Å². The van der Waals surface area contributed by atoms with Gasteiger partial charge in [-0.15, -0.1) is 0 Å². The highest BCUT2D eigenvalue weighted by Gasteiger charge is 2.34. The van der Waals surface area contributed by atoms with Gasteiger partial charge in [0, 0.05) is 24.9 Å². The van der Waals surface area contributed by atoms with Crippen LogP contribution < -0.4 is 11.1 Å². The number of alkyl halides is 2. The van der Waals surface area contributed by atoms with Gasteiger partial charge < -0.3 is 11.1 Å². The molecule has 0 atom stereocenters. The van der Waals surface area contributed by atoms with Gasteiger partial charge in [0.1, 0.15) is 0 Å². The zero-order chi connectivity index (χ0) is 19.3. The number of carbonyl (C=O) groups excluding carboxylic acids is 1. The Bertz CT molecular complexity index is 764. The summed E-state index contributed by atoms with van der Waals surface area (Å²) in [5.41, 5.74) is 8.99. The van der Waals surface area contributed by atoms with Crippen LogP contribution in [0.4, 0.5) is 8.78 Å². The summed E-state index contributed by atoms with van der Waals surface area (Å²) in [6, 6.07) is 15.4. The Morgan fingerprint density at radius 1 is 1.07 bits per heavy atom. The minimum atomic E-state index is -2.44. The summed E-state index contributed by atoms with van der Waals surface area (Å²) < 4.78 is 26.3. The average molecular weight is 372 g/mol. The molecule has 1 amide bonds. The van der Waals surface area contributed by atoms with Gasteiger partial charge in [-0.2, -0.15) is 0 Å². The summed E-state index contributed by atoms with van der Waals surface area (Å²) in [5.74, 6) is -2.46. The number of hydrogen-bond donors (Lipinski definition) is 2. The first-order valence-corrected chi connectivity index (χ1v) is 9.51. The van der Waals surface area contributed by atoms with Gasteiger partial charge in [0.15, 0.2) is 0 Å². The Hall–Kier alpha value is -2.27. The van der Waals surface area contributed by atoms with Crippen molar-refractivity contribution in [3.05, 3.63) is 59.7 Å². The van der Waals surface area contributed by atoms with Crippen LogP contribution in [0.3, 0.4) is 0 Å². The molecule has 0 spiro atoms. The lowest BCUT2D eigenvalue weighted by Gasteiger charge is -2.28. The molecule has 1 aliphatic rings. The first kappa shape index (κ1) is 19.5. The number of nitrogens with one attached hydrogen (secondary N) is 1. The summed E-state index contributed by atoms with van der Waals surface area (Å²) >= 11 is 0. The van der Waals surface area contributed by atoms with Crippen molar-refractivity contribution in [3.63, 3.8) is 0 Å². The number of primary amides is 1. The molecule has 1 aliphatic carbocycles. The fourth-order valence-electron chi connectivity index (χ4n) is 3.59. The van der Waals surface area contributed by atoms with Crippen LogP contribution in [0.25, 0.3) is 11.1 Å². The molecule has 3 N–H and O–H groups in total. The summed E-state index contributed by atoms with van der Waals surface area (Å²) in [7, 11) is 0. The van der Waals surface area contributed by atoms with Crippen LogP contribution in [-0.2, 0) is 6.54 Å². The van der Waals surface area contributed by atoms with Gasteiger partial charge in [0.2, 0.25) is 11.8 Å². The first-order chi connectivity index (χ1) is 12.9. The van der Waals surface area contributed by atoms with Crippen molar-refractivity contribution in [1.82, 2.24) is 5.32 Å². The molecule has 5 heteroatoms. The second-order valence-electron chi connectivity index (χ2n) is 7.41. The molecule has 2 aromatic rings.